The van der Waals surface area contributed by atoms with E-state index in [4.69, 9.17) is 9.15 Å². The lowest BCUT2D eigenvalue weighted by atomic mass is 9.85. The van der Waals surface area contributed by atoms with Crippen molar-refractivity contribution in [2.75, 3.05) is 6.54 Å². The predicted octanol–water partition coefficient (Wildman–Crippen LogP) is 3.71. The maximum Gasteiger partial charge on any atom is 0.313 e. The average Bonchev–Trinajstić information content (AvgIpc) is 3.08. The number of hydrogen-bond donors (Lipinski definition) is 0. The van der Waals surface area contributed by atoms with Crippen LogP contribution in [-0.2, 0) is 14.4 Å². The Labute approximate surface area is 189 Å². The first-order valence-corrected chi connectivity index (χ1v) is 10.8. The number of ether oxygens (including phenoxy) is 1. The molecule has 2 aliphatic rings. The van der Waals surface area contributed by atoms with Crippen LogP contribution < -0.4 is 10.2 Å². The number of nitrogens with zero attached hydrogens (tertiary/aromatic N) is 1. The standard InChI is InChI=1S/C26H21NO6/c28-23(12-13-27-25(30)18-8-4-5-9-19(18)26(27)31)33-17-10-11-20-22(14-17)32-15-21(24(20)29)16-6-2-1-3-7-16/h1-7,10-11,14-15,18-19H,8-9,12-13H2/t18-,19-/m1/s1. The van der Waals surface area contributed by atoms with Gasteiger partial charge in [-0.25, -0.2) is 0 Å². The van der Waals surface area contributed by atoms with Gasteiger partial charge in [0.05, 0.1) is 29.2 Å². The van der Waals surface area contributed by atoms with E-state index >= 15 is 0 Å². The highest BCUT2D eigenvalue weighted by Crippen LogP contribution is 2.35. The number of esters is 1. The summed E-state index contributed by atoms with van der Waals surface area (Å²) in [7, 11) is 0. The van der Waals surface area contributed by atoms with Crippen LogP contribution in [0.3, 0.4) is 0 Å². The number of benzene rings is 2. The molecule has 2 heterocycles. The van der Waals surface area contributed by atoms with Gasteiger partial charge in [-0.1, -0.05) is 42.5 Å². The van der Waals surface area contributed by atoms with Gasteiger partial charge >= 0.3 is 5.97 Å². The predicted molar refractivity (Wildman–Crippen MR) is 120 cm³/mol. The highest BCUT2D eigenvalue weighted by molar-refractivity contribution is 6.05. The van der Waals surface area contributed by atoms with E-state index in [0.29, 0.717) is 29.4 Å². The molecule has 0 N–H and O–H groups in total. The van der Waals surface area contributed by atoms with E-state index in [9.17, 15) is 19.2 Å². The molecule has 1 fully saturated rings. The molecular weight excluding hydrogens is 422 g/mol. The lowest BCUT2D eigenvalue weighted by Gasteiger charge is -2.14. The molecular formula is C26H21NO6. The molecule has 7 nitrogen and oxygen atoms in total. The lowest BCUT2D eigenvalue weighted by molar-refractivity contribution is -0.141. The van der Waals surface area contributed by atoms with Crippen LogP contribution in [0.25, 0.3) is 22.1 Å². The molecule has 2 atom stereocenters. The summed E-state index contributed by atoms with van der Waals surface area (Å²) in [5, 5.41) is 0.376. The zero-order valence-electron chi connectivity index (χ0n) is 17.7. The Kier molecular flexibility index (Phi) is 5.38. The largest absolute Gasteiger partial charge is 0.463 e. The lowest BCUT2D eigenvalue weighted by Crippen LogP contribution is -2.33. The Morgan fingerprint density at radius 1 is 0.970 bits per heavy atom. The molecule has 0 spiro atoms. The number of amides is 2. The monoisotopic (exact) mass is 443 g/mol. The SMILES string of the molecule is O=C(CCN1C(=O)[C@@H]2CC=CC[C@H]2C1=O)Oc1ccc2c(=O)c(-c3ccccc3)coc2c1. The third kappa shape index (κ3) is 3.86. The number of allylic oxidation sites excluding steroid dienone is 2. The quantitative estimate of drug-likeness (QED) is 0.258. The second-order valence-electron chi connectivity index (χ2n) is 8.21. The summed E-state index contributed by atoms with van der Waals surface area (Å²) in [5.41, 5.74) is 1.32. The summed E-state index contributed by atoms with van der Waals surface area (Å²) in [6.45, 7) is -0.00734. The first-order chi connectivity index (χ1) is 16.0. The first-order valence-electron chi connectivity index (χ1n) is 10.8. The van der Waals surface area contributed by atoms with E-state index in [1.54, 1.807) is 6.07 Å². The highest BCUT2D eigenvalue weighted by atomic mass is 16.5. The molecule has 5 rings (SSSR count). The molecule has 7 heteroatoms. The van der Waals surface area contributed by atoms with Crippen molar-refractivity contribution in [3.8, 4) is 16.9 Å². The van der Waals surface area contributed by atoms with Crippen molar-refractivity contribution in [1.29, 1.82) is 0 Å². The highest BCUT2D eigenvalue weighted by Gasteiger charge is 2.46. The Morgan fingerprint density at radius 2 is 1.67 bits per heavy atom. The molecule has 0 saturated carbocycles. The molecule has 0 unspecified atom stereocenters. The molecule has 1 saturated heterocycles. The minimum Gasteiger partial charge on any atom is -0.463 e. The fraction of sp³-hybridized carbons (Fsp3) is 0.231. The molecule has 166 valence electrons. The van der Waals surface area contributed by atoms with E-state index in [2.05, 4.69) is 0 Å². The van der Waals surface area contributed by atoms with E-state index in [1.807, 2.05) is 42.5 Å². The molecule has 2 aromatic carbocycles. The van der Waals surface area contributed by atoms with Crippen molar-refractivity contribution in [2.45, 2.75) is 19.3 Å². The van der Waals surface area contributed by atoms with Crippen LogP contribution in [0.5, 0.6) is 5.75 Å². The Hall–Kier alpha value is -4.00. The third-order valence-electron chi connectivity index (χ3n) is 6.20. The van der Waals surface area contributed by atoms with Gasteiger partial charge < -0.3 is 9.15 Å². The van der Waals surface area contributed by atoms with Crippen molar-refractivity contribution < 1.29 is 23.5 Å². The average molecular weight is 443 g/mol. The summed E-state index contributed by atoms with van der Waals surface area (Å²) in [5.74, 6) is -1.43. The van der Waals surface area contributed by atoms with E-state index < -0.39 is 5.97 Å². The van der Waals surface area contributed by atoms with Gasteiger partial charge in [-0.3, -0.25) is 24.1 Å². The zero-order valence-corrected chi connectivity index (χ0v) is 17.7. The van der Waals surface area contributed by atoms with Gasteiger partial charge in [-0.15, -0.1) is 0 Å². The van der Waals surface area contributed by atoms with E-state index in [0.717, 1.165) is 5.56 Å². The Morgan fingerprint density at radius 3 is 2.36 bits per heavy atom. The smallest absolute Gasteiger partial charge is 0.313 e. The van der Waals surface area contributed by atoms with Gasteiger partial charge in [0.2, 0.25) is 11.8 Å². The number of rotatable bonds is 5. The van der Waals surface area contributed by atoms with Crippen LogP contribution in [0.2, 0.25) is 0 Å². The van der Waals surface area contributed by atoms with Crippen LogP contribution in [-0.4, -0.2) is 29.2 Å². The molecule has 33 heavy (non-hydrogen) atoms. The fourth-order valence-electron chi connectivity index (χ4n) is 4.46. The van der Waals surface area contributed by atoms with Gasteiger partial charge in [0.25, 0.3) is 0 Å². The summed E-state index contributed by atoms with van der Waals surface area (Å²) in [6, 6.07) is 13.8. The normalized spacial score (nSPS) is 19.7. The molecule has 1 aliphatic carbocycles. The Balaban J connectivity index is 1.27. The van der Waals surface area contributed by atoms with Crippen molar-refractivity contribution >= 4 is 28.8 Å². The van der Waals surface area contributed by atoms with Crippen molar-refractivity contribution in [3.05, 3.63) is 77.2 Å². The molecule has 3 aromatic rings. The first kappa shape index (κ1) is 20.9. The molecule has 2 amide bonds. The van der Waals surface area contributed by atoms with Crippen LogP contribution in [0.4, 0.5) is 0 Å². The molecule has 0 radical (unpaired) electrons. The number of likely N-dealkylation sites (tertiary alicyclic amines) is 1. The zero-order chi connectivity index (χ0) is 22.9. The van der Waals surface area contributed by atoms with E-state index in [-0.39, 0.29) is 47.8 Å². The minimum absolute atomic E-state index is 0.00734. The van der Waals surface area contributed by atoms with Crippen molar-refractivity contribution in [3.63, 3.8) is 0 Å². The Bertz CT molecular complexity index is 1310. The number of carbonyl (C=O) groups excluding carboxylic acids is 3. The van der Waals surface area contributed by atoms with Crippen LogP contribution in [0, 0.1) is 11.8 Å². The molecule has 1 aromatic heterocycles. The number of imide groups is 1. The minimum atomic E-state index is -0.578. The second-order valence-corrected chi connectivity index (χ2v) is 8.21. The summed E-state index contributed by atoms with van der Waals surface area (Å²) in [6.07, 6.45) is 6.24. The van der Waals surface area contributed by atoms with Crippen LogP contribution in [0.1, 0.15) is 19.3 Å². The summed E-state index contributed by atoms with van der Waals surface area (Å²) < 4.78 is 11.0. The molecule has 1 aliphatic heterocycles. The van der Waals surface area contributed by atoms with Gasteiger partial charge in [0.15, 0.2) is 5.43 Å². The van der Waals surface area contributed by atoms with Crippen LogP contribution >= 0.6 is 0 Å². The van der Waals surface area contributed by atoms with Crippen molar-refractivity contribution in [1.82, 2.24) is 4.90 Å². The topological polar surface area (TPSA) is 93.9 Å². The number of fused-ring (bicyclic) bond motifs is 2. The fourth-order valence-corrected chi connectivity index (χ4v) is 4.46. The summed E-state index contributed by atoms with van der Waals surface area (Å²) >= 11 is 0. The van der Waals surface area contributed by atoms with Gasteiger partial charge in [-0.05, 0) is 30.5 Å². The van der Waals surface area contributed by atoms with Crippen LogP contribution in [0.15, 0.2) is 76.2 Å². The van der Waals surface area contributed by atoms with Gasteiger partial charge in [0.1, 0.15) is 17.6 Å². The maximum absolute atomic E-state index is 12.8. The summed E-state index contributed by atoms with van der Waals surface area (Å²) in [4.78, 5) is 51.4. The second kappa shape index (κ2) is 8.50. The van der Waals surface area contributed by atoms with Gasteiger partial charge in [-0.2, -0.15) is 0 Å². The van der Waals surface area contributed by atoms with E-state index in [1.165, 1.54) is 23.3 Å². The molecule has 0 bridgehead atoms. The number of hydrogen-bond acceptors (Lipinski definition) is 6. The van der Waals surface area contributed by atoms with Crippen molar-refractivity contribution in [2.24, 2.45) is 11.8 Å². The van der Waals surface area contributed by atoms with Gasteiger partial charge in [0, 0.05) is 12.6 Å². The maximum atomic E-state index is 12.8. The third-order valence-corrected chi connectivity index (χ3v) is 6.20. The number of carbonyl (C=O) groups is 3.